The van der Waals surface area contributed by atoms with E-state index >= 15 is 0 Å². The highest BCUT2D eigenvalue weighted by Gasteiger charge is 2.08. The van der Waals surface area contributed by atoms with Crippen LogP contribution < -0.4 is 0 Å². The Morgan fingerprint density at radius 1 is 1.31 bits per heavy atom. The van der Waals surface area contributed by atoms with Crippen molar-refractivity contribution in [3.05, 3.63) is 33.6 Å². The van der Waals surface area contributed by atoms with E-state index in [0.29, 0.717) is 18.3 Å². The Hall–Kier alpha value is -1.20. The normalized spacial score (nSPS) is 11.2. The highest BCUT2D eigenvalue weighted by molar-refractivity contribution is 7.11. The third kappa shape index (κ3) is 2.90. The molecular weight excluding hydrogens is 222 g/mol. The van der Waals surface area contributed by atoms with E-state index in [4.69, 9.17) is 4.52 Å². The molecule has 0 aliphatic rings. The van der Waals surface area contributed by atoms with Gasteiger partial charge in [0.25, 0.3) is 0 Å². The van der Waals surface area contributed by atoms with Crippen LogP contribution >= 0.6 is 11.3 Å². The van der Waals surface area contributed by atoms with Crippen molar-refractivity contribution in [2.24, 2.45) is 0 Å². The molecule has 2 aromatic rings. The van der Waals surface area contributed by atoms with Crippen LogP contribution in [0.25, 0.3) is 0 Å². The lowest BCUT2D eigenvalue weighted by Gasteiger charge is -2.12. The van der Waals surface area contributed by atoms with Crippen LogP contribution in [-0.4, -0.2) is 22.1 Å². The number of hydrogen-bond acceptors (Lipinski definition) is 5. The molecule has 2 aromatic heterocycles. The minimum absolute atomic E-state index is 0.674. The fraction of sp³-hybridized carbons (Fsp3) is 0.455. The molecule has 0 atom stereocenters. The summed E-state index contributed by atoms with van der Waals surface area (Å²) < 4.78 is 5.08. The third-order valence-corrected chi connectivity index (χ3v) is 3.18. The SMILES string of the molecule is Cc1noc(CN(C)Cc2ccc(C)s2)n1. The van der Waals surface area contributed by atoms with Crippen molar-refractivity contribution < 1.29 is 4.52 Å². The summed E-state index contributed by atoms with van der Waals surface area (Å²) in [7, 11) is 2.05. The maximum Gasteiger partial charge on any atom is 0.240 e. The fourth-order valence-electron chi connectivity index (χ4n) is 1.53. The highest BCUT2D eigenvalue weighted by Crippen LogP contribution is 2.17. The lowest BCUT2D eigenvalue weighted by atomic mass is 10.4. The van der Waals surface area contributed by atoms with Gasteiger partial charge in [-0.15, -0.1) is 11.3 Å². The number of hydrogen-bond donors (Lipinski definition) is 0. The first-order valence-corrected chi connectivity index (χ1v) is 5.98. The molecule has 0 aliphatic carbocycles. The molecule has 4 nitrogen and oxygen atoms in total. The van der Waals surface area contributed by atoms with Crippen LogP contribution in [0, 0.1) is 13.8 Å². The molecule has 2 rings (SSSR count). The van der Waals surface area contributed by atoms with Crippen molar-refractivity contribution in [3.63, 3.8) is 0 Å². The Labute approximate surface area is 98.9 Å². The van der Waals surface area contributed by atoms with Crippen LogP contribution in [0.4, 0.5) is 0 Å². The van der Waals surface area contributed by atoms with Gasteiger partial charge < -0.3 is 4.52 Å². The smallest absolute Gasteiger partial charge is 0.240 e. The van der Waals surface area contributed by atoms with Gasteiger partial charge in [-0.3, -0.25) is 4.90 Å². The van der Waals surface area contributed by atoms with Gasteiger partial charge in [-0.25, -0.2) is 0 Å². The Kier molecular flexibility index (Phi) is 3.36. The maximum absolute atomic E-state index is 5.08. The number of rotatable bonds is 4. The number of aromatic nitrogens is 2. The zero-order valence-corrected chi connectivity index (χ0v) is 10.5. The largest absolute Gasteiger partial charge is 0.338 e. The van der Waals surface area contributed by atoms with Crippen molar-refractivity contribution in [2.75, 3.05) is 7.05 Å². The van der Waals surface area contributed by atoms with E-state index in [1.807, 2.05) is 18.3 Å². The fourth-order valence-corrected chi connectivity index (χ4v) is 2.50. The number of nitrogens with zero attached hydrogens (tertiary/aromatic N) is 3. The van der Waals surface area contributed by atoms with Crippen LogP contribution in [0.1, 0.15) is 21.5 Å². The second kappa shape index (κ2) is 4.76. The minimum Gasteiger partial charge on any atom is -0.338 e. The Balaban J connectivity index is 1.91. The molecule has 0 amide bonds. The van der Waals surface area contributed by atoms with Crippen LogP contribution in [0.15, 0.2) is 16.7 Å². The molecule has 0 fully saturated rings. The number of aryl methyl sites for hydroxylation is 2. The summed E-state index contributed by atoms with van der Waals surface area (Å²) in [6, 6.07) is 4.31. The molecule has 0 radical (unpaired) electrons. The Morgan fingerprint density at radius 3 is 2.69 bits per heavy atom. The number of thiophene rings is 1. The Morgan fingerprint density at radius 2 is 2.12 bits per heavy atom. The first-order chi connectivity index (χ1) is 7.63. The lowest BCUT2D eigenvalue weighted by molar-refractivity contribution is 0.262. The molecule has 0 unspecified atom stereocenters. The van der Waals surface area contributed by atoms with Gasteiger partial charge in [-0.2, -0.15) is 4.98 Å². The van der Waals surface area contributed by atoms with Gasteiger partial charge in [0, 0.05) is 16.3 Å². The van der Waals surface area contributed by atoms with Crippen LogP contribution in [0.3, 0.4) is 0 Å². The molecule has 86 valence electrons. The van der Waals surface area contributed by atoms with Crippen molar-refractivity contribution in [1.82, 2.24) is 15.0 Å². The van der Waals surface area contributed by atoms with Crippen LogP contribution in [0.5, 0.6) is 0 Å². The summed E-state index contributed by atoms with van der Waals surface area (Å²) >= 11 is 1.82. The van der Waals surface area contributed by atoms with E-state index in [2.05, 4.69) is 41.1 Å². The summed E-state index contributed by atoms with van der Waals surface area (Å²) in [5.41, 5.74) is 0. The summed E-state index contributed by atoms with van der Waals surface area (Å²) in [6.07, 6.45) is 0. The van der Waals surface area contributed by atoms with Crippen LogP contribution in [0.2, 0.25) is 0 Å². The quantitative estimate of drug-likeness (QED) is 0.818. The highest BCUT2D eigenvalue weighted by atomic mass is 32.1. The summed E-state index contributed by atoms with van der Waals surface area (Å²) in [5.74, 6) is 1.36. The molecule has 0 aliphatic heterocycles. The minimum atomic E-state index is 0.674. The van der Waals surface area contributed by atoms with Gasteiger partial charge in [0.05, 0.1) is 6.54 Å². The molecule has 2 heterocycles. The summed E-state index contributed by atoms with van der Waals surface area (Å²) in [5, 5.41) is 3.77. The van der Waals surface area contributed by atoms with E-state index in [1.165, 1.54) is 9.75 Å². The van der Waals surface area contributed by atoms with E-state index < -0.39 is 0 Å². The molecule has 0 bridgehead atoms. The molecule has 16 heavy (non-hydrogen) atoms. The van der Waals surface area contributed by atoms with Crippen LogP contribution in [-0.2, 0) is 13.1 Å². The predicted molar refractivity (Wildman–Crippen MR) is 63.3 cm³/mol. The van der Waals surface area contributed by atoms with Crippen molar-refractivity contribution in [1.29, 1.82) is 0 Å². The van der Waals surface area contributed by atoms with E-state index in [0.717, 1.165) is 6.54 Å². The van der Waals surface area contributed by atoms with Gasteiger partial charge in [0.2, 0.25) is 5.89 Å². The standard InChI is InChI=1S/C11H15N3OS/c1-8-4-5-10(16-8)6-14(3)7-11-12-9(2)13-15-11/h4-5H,6-7H2,1-3H3. The molecule has 0 N–H and O–H groups in total. The molecule has 0 saturated heterocycles. The molecule has 0 aromatic carbocycles. The molecule has 5 heteroatoms. The topological polar surface area (TPSA) is 42.2 Å². The first kappa shape index (κ1) is 11.3. The second-order valence-electron chi connectivity index (χ2n) is 3.92. The van der Waals surface area contributed by atoms with E-state index in [-0.39, 0.29) is 0 Å². The first-order valence-electron chi connectivity index (χ1n) is 5.16. The van der Waals surface area contributed by atoms with Gasteiger partial charge in [-0.05, 0) is 33.0 Å². The maximum atomic E-state index is 5.08. The third-order valence-electron chi connectivity index (χ3n) is 2.20. The molecule has 0 spiro atoms. The van der Waals surface area contributed by atoms with Gasteiger partial charge in [-0.1, -0.05) is 5.16 Å². The average molecular weight is 237 g/mol. The Bertz CT molecular complexity index is 421. The van der Waals surface area contributed by atoms with Gasteiger partial charge in [0.15, 0.2) is 5.82 Å². The zero-order valence-electron chi connectivity index (χ0n) is 9.73. The predicted octanol–water partition coefficient (Wildman–Crippen LogP) is 2.38. The average Bonchev–Trinajstić information content (AvgIpc) is 2.76. The molecule has 0 saturated carbocycles. The summed E-state index contributed by atoms with van der Waals surface area (Å²) in [6.45, 7) is 5.56. The molecular formula is C11H15N3OS. The van der Waals surface area contributed by atoms with Crippen molar-refractivity contribution in [3.8, 4) is 0 Å². The summed E-state index contributed by atoms with van der Waals surface area (Å²) in [4.78, 5) is 9.05. The van der Waals surface area contributed by atoms with E-state index in [9.17, 15) is 0 Å². The van der Waals surface area contributed by atoms with Gasteiger partial charge >= 0.3 is 0 Å². The van der Waals surface area contributed by atoms with Crippen molar-refractivity contribution >= 4 is 11.3 Å². The van der Waals surface area contributed by atoms with Gasteiger partial charge in [0.1, 0.15) is 0 Å². The monoisotopic (exact) mass is 237 g/mol. The zero-order chi connectivity index (χ0) is 11.5. The second-order valence-corrected chi connectivity index (χ2v) is 5.29. The van der Waals surface area contributed by atoms with E-state index in [1.54, 1.807) is 0 Å². The van der Waals surface area contributed by atoms with Crippen molar-refractivity contribution in [2.45, 2.75) is 26.9 Å². The lowest BCUT2D eigenvalue weighted by Crippen LogP contribution is -2.16.